The van der Waals surface area contributed by atoms with Gasteiger partial charge in [0.15, 0.2) is 17.5 Å². The average Bonchev–Trinajstić information content (AvgIpc) is 3.77. The van der Waals surface area contributed by atoms with E-state index >= 15 is 0 Å². The monoisotopic (exact) mass is 657 g/mol. The molecule has 3 aromatic heterocycles. The number of hydrogen-bond donors (Lipinski definition) is 0. The summed E-state index contributed by atoms with van der Waals surface area (Å²) < 4.78 is 8.91. The fourth-order valence-corrected chi connectivity index (χ4v) is 8.27. The van der Waals surface area contributed by atoms with Gasteiger partial charge in [0.05, 0.1) is 0 Å². The molecule has 0 saturated heterocycles. The molecule has 10 rings (SSSR count). The van der Waals surface area contributed by atoms with Gasteiger partial charge in [0.1, 0.15) is 11.2 Å². The molecule has 0 amide bonds. The molecule has 0 aliphatic rings. The summed E-state index contributed by atoms with van der Waals surface area (Å²) in [4.78, 5) is 14.8. The first-order valence-electron chi connectivity index (χ1n) is 16.6. The normalized spacial score (nSPS) is 11.6. The molecule has 0 atom stereocenters. The van der Waals surface area contributed by atoms with Gasteiger partial charge in [-0.1, -0.05) is 152 Å². The van der Waals surface area contributed by atoms with Crippen LogP contribution in [0.1, 0.15) is 0 Å². The van der Waals surface area contributed by atoms with Crippen molar-refractivity contribution in [3.8, 4) is 56.4 Å². The van der Waals surface area contributed by atoms with Gasteiger partial charge in [-0.25, -0.2) is 15.0 Å². The Morgan fingerprint density at radius 2 is 0.920 bits per heavy atom. The molecule has 0 N–H and O–H groups in total. The minimum Gasteiger partial charge on any atom is -0.455 e. The number of para-hydroxylation sites is 2. The van der Waals surface area contributed by atoms with E-state index in [2.05, 4.69) is 91.0 Å². The van der Waals surface area contributed by atoms with Gasteiger partial charge in [0.25, 0.3) is 0 Å². The van der Waals surface area contributed by atoms with E-state index in [0.29, 0.717) is 17.5 Å². The number of rotatable bonds is 5. The van der Waals surface area contributed by atoms with E-state index in [9.17, 15) is 0 Å². The molecule has 0 spiro atoms. The Hall–Kier alpha value is -6.43. The van der Waals surface area contributed by atoms with E-state index in [-0.39, 0.29) is 0 Å². The van der Waals surface area contributed by atoms with Crippen molar-refractivity contribution in [1.29, 1.82) is 0 Å². The Labute approximate surface area is 292 Å². The minimum absolute atomic E-state index is 0.654. The molecule has 10 aromatic rings. The molecule has 0 bridgehead atoms. The zero-order valence-corrected chi connectivity index (χ0v) is 27.6. The van der Waals surface area contributed by atoms with Crippen molar-refractivity contribution < 1.29 is 4.42 Å². The number of fused-ring (bicyclic) bond motifs is 6. The molecule has 0 fully saturated rings. The quantitative estimate of drug-likeness (QED) is 0.185. The summed E-state index contributed by atoms with van der Waals surface area (Å²) in [6.07, 6.45) is 0. The van der Waals surface area contributed by atoms with Crippen molar-refractivity contribution >= 4 is 53.4 Å². The molecule has 4 nitrogen and oxygen atoms in total. The maximum atomic E-state index is 6.48. The lowest BCUT2D eigenvalue weighted by Gasteiger charge is -2.11. The van der Waals surface area contributed by atoms with Crippen LogP contribution in [0.3, 0.4) is 0 Å². The van der Waals surface area contributed by atoms with E-state index in [1.165, 1.54) is 31.3 Å². The summed E-state index contributed by atoms with van der Waals surface area (Å²) in [5.74, 6) is 1.97. The summed E-state index contributed by atoms with van der Waals surface area (Å²) in [6, 6.07) is 56.8. The number of nitrogens with zero attached hydrogens (tertiary/aromatic N) is 3. The summed E-state index contributed by atoms with van der Waals surface area (Å²) in [7, 11) is 0. The Kier molecular flexibility index (Phi) is 6.64. The highest BCUT2D eigenvalue weighted by Gasteiger charge is 2.19. The lowest BCUT2D eigenvalue weighted by atomic mass is 9.92. The van der Waals surface area contributed by atoms with Crippen LogP contribution in [-0.4, -0.2) is 15.0 Å². The number of aromatic nitrogens is 3. The first-order chi connectivity index (χ1) is 24.8. The second-order valence-corrected chi connectivity index (χ2v) is 13.4. The van der Waals surface area contributed by atoms with Crippen molar-refractivity contribution in [3.63, 3.8) is 0 Å². The highest BCUT2D eigenvalue weighted by Crippen LogP contribution is 2.45. The van der Waals surface area contributed by atoms with Crippen molar-refractivity contribution in [1.82, 2.24) is 15.0 Å². The van der Waals surface area contributed by atoms with E-state index in [1.807, 2.05) is 84.1 Å². The smallest absolute Gasteiger partial charge is 0.164 e. The molecule has 0 aliphatic carbocycles. The van der Waals surface area contributed by atoms with Gasteiger partial charge in [-0.3, -0.25) is 0 Å². The molecule has 0 aliphatic heterocycles. The maximum Gasteiger partial charge on any atom is 0.164 e. The van der Waals surface area contributed by atoms with Crippen LogP contribution in [0.4, 0.5) is 0 Å². The predicted molar refractivity (Wildman–Crippen MR) is 207 cm³/mol. The van der Waals surface area contributed by atoms with Crippen LogP contribution in [0.2, 0.25) is 0 Å². The zero-order chi connectivity index (χ0) is 33.0. The third kappa shape index (κ3) is 4.71. The molecule has 0 radical (unpaired) electrons. The van der Waals surface area contributed by atoms with Gasteiger partial charge in [0.2, 0.25) is 0 Å². The number of hydrogen-bond acceptors (Lipinski definition) is 5. The number of benzene rings is 7. The average molecular weight is 658 g/mol. The first-order valence-corrected chi connectivity index (χ1v) is 17.4. The highest BCUT2D eigenvalue weighted by molar-refractivity contribution is 7.26. The van der Waals surface area contributed by atoms with E-state index in [0.717, 1.165) is 49.8 Å². The van der Waals surface area contributed by atoms with Crippen molar-refractivity contribution in [3.05, 3.63) is 164 Å². The molecular weight excluding hydrogens is 631 g/mol. The Morgan fingerprint density at radius 1 is 0.380 bits per heavy atom. The standard InChI is InChI=1S/C45H27N3OS/c1-3-13-28(14-4-1)43-46-44(29-15-5-2-6-16-29)48-45(47-43)30-25-26-34-38-23-12-22-37(42(38)50-40(34)27-30)32-18-8-7-17-31(32)35-20-11-21-36-33-19-9-10-24-39(33)49-41(35)36/h1-27H. The Balaban J connectivity index is 1.13. The molecule has 234 valence electrons. The van der Waals surface area contributed by atoms with E-state index < -0.39 is 0 Å². The van der Waals surface area contributed by atoms with Gasteiger partial charge in [-0.2, -0.15) is 0 Å². The predicted octanol–water partition coefficient (Wildman–Crippen LogP) is 12.5. The van der Waals surface area contributed by atoms with Crippen LogP contribution < -0.4 is 0 Å². The Bertz CT molecular complexity index is 2820. The lowest BCUT2D eigenvalue weighted by Crippen LogP contribution is -1.99. The van der Waals surface area contributed by atoms with Crippen molar-refractivity contribution in [2.45, 2.75) is 0 Å². The number of furan rings is 1. The third-order valence-electron chi connectivity index (χ3n) is 9.37. The lowest BCUT2D eigenvalue weighted by molar-refractivity contribution is 0.670. The van der Waals surface area contributed by atoms with Gasteiger partial charge < -0.3 is 4.42 Å². The van der Waals surface area contributed by atoms with Gasteiger partial charge in [-0.05, 0) is 23.3 Å². The van der Waals surface area contributed by atoms with Crippen molar-refractivity contribution in [2.75, 3.05) is 0 Å². The second-order valence-electron chi connectivity index (χ2n) is 12.4. The zero-order valence-electron chi connectivity index (χ0n) is 26.7. The van der Waals surface area contributed by atoms with E-state index in [4.69, 9.17) is 19.4 Å². The largest absolute Gasteiger partial charge is 0.455 e. The summed E-state index contributed by atoms with van der Waals surface area (Å²) >= 11 is 1.81. The maximum absolute atomic E-state index is 6.48. The van der Waals surface area contributed by atoms with Crippen LogP contribution in [-0.2, 0) is 0 Å². The van der Waals surface area contributed by atoms with Crippen LogP contribution >= 0.6 is 11.3 Å². The van der Waals surface area contributed by atoms with E-state index in [1.54, 1.807) is 0 Å². The number of thiophene rings is 1. The summed E-state index contributed by atoms with van der Waals surface area (Å²) in [6.45, 7) is 0. The molecule has 7 aromatic carbocycles. The first kappa shape index (κ1) is 28.6. The molecule has 50 heavy (non-hydrogen) atoms. The SMILES string of the molecule is c1ccc(-c2nc(-c3ccccc3)nc(-c3ccc4c(c3)sc3c(-c5ccccc5-c5cccc6c5oc5ccccc56)cccc34)n2)cc1. The Morgan fingerprint density at radius 3 is 1.64 bits per heavy atom. The fourth-order valence-electron chi connectivity index (χ4n) is 7.00. The van der Waals surface area contributed by atoms with Gasteiger partial charge in [0, 0.05) is 58.8 Å². The molecule has 0 saturated carbocycles. The molecule has 5 heteroatoms. The molecule has 3 heterocycles. The van der Waals surface area contributed by atoms with Crippen LogP contribution in [0, 0.1) is 0 Å². The summed E-state index contributed by atoms with van der Waals surface area (Å²) in [5.41, 5.74) is 9.30. The van der Waals surface area contributed by atoms with Crippen LogP contribution in [0.25, 0.3) is 98.5 Å². The minimum atomic E-state index is 0.654. The highest BCUT2D eigenvalue weighted by atomic mass is 32.1. The molecule has 0 unspecified atom stereocenters. The van der Waals surface area contributed by atoms with Gasteiger partial charge in [-0.15, -0.1) is 11.3 Å². The molecular formula is C45H27N3OS. The second kappa shape index (κ2) is 11.6. The summed E-state index contributed by atoms with van der Waals surface area (Å²) in [5, 5.41) is 4.71. The fraction of sp³-hybridized carbons (Fsp3) is 0. The topological polar surface area (TPSA) is 51.8 Å². The van der Waals surface area contributed by atoms with Crippen LogP contribution in [0.15, 0.2) is 168 Å². The van der Waals surface area contributed by atoms with Crippen LogP contribution in [0.5, 0.6) is 0 Å². The van der Waals surface area contributed by atoms with Gasteiger partial charge >= 0.3 is 0 Å². The third-order valence-corrected chi connectivity index (χ3v) is 10.6. The van der Waals surface area contributed by atoms with Crippen molar-refractivity contribution in [2.24, 2.45) is 0 Å².